The summed E-state index contributed by atoms with van der Waals surface area (Å²) in [6.45, 7) is 5.64. The van der Waals surface area contributed by atoms with E-state index in [1.807, 2.05) is 61.5 Å². The van der Waals surface area contributed by atoms with Crippen LogP contribution in [0.3, 0.4) is 0 Å². The molecule has 0 radical (unpaired) electrons. The summed E-state index contributed by atoms with van der Waals surface area (Å²) >= 11 is 0. The fraction of sp³-hybridized carbons (Fsp3) is 0.261. The van der Waals surface area contributed by atoms with Crippen molar-refractivity contribution in [1.82, 2.24) is 15.3 Å². The summed E-state index contributed by atoms with van der Waals surface area (Å²) in [6.07, 6.45) is 1.59. The Morgan fingerprint density at radius 3 is 2.48 bits per heavy atom. The minimum absolute atomic E-state index is 0.0891. The molecule has 4 rings (SSSR count). The second kappa shape index (κ2) is 8.84. The highest BCUT2D eigenvalue weighted by Crippen LogP contribution is 2.22. The zero-order valence-corrected chi connectivity index (χ0v) is 16.5. The molecule has 0 saturated carbocycles. The summed E-state index contributed by atoms with van der Waals surface area (Å²) in [7, 11) is 0. The molecule has 3 aromatic rings. The first kappa shape index (κ1) is 19.1. The molecule has 1 N–H and O–H groups in total. The lowest BCUT2D eigenvalue weighted by Gasteiger charge is -2.27. The summed E-state index contributed by atoms with van der Waals surface area (Å²) in [5.41, 5.74) is 4.71. The van der Waals surface area contributed by atoms with Gasteiger partial charge in [0.05, 0.1) is 18.9 Å². The van der Waals surface area contributed by atoms with E-state index in [4.69, 9.17) is 4.74 Å². The van der Waals surface area contributed by atoms with Gasteiger partial charge in [-0.25, -0.2) is 9.97 Å². The first-order chi connectivity index (χ1) is 14.2. The van der Waals surface area contributed by atoms with Crippen molar-refractivity contribution in [3.63, 3.8) is 0 Å². The maximum Gasteiger partial charge on any atom is 0.251 e. The fourth-order valence-corrected chi connectivity index (χ4v) is 3.25. The highest BCUT2D eigenvalue weighted by atomic mass is 16.5. The zero-order chi connectivity index (χ0) is 20.1. The SMILES string of the molecule is Cc1ccc(CNC(=O)c2ccc(-c3cc(N4CCOCC4)ncn3)cc2)cc1. The first-order valence-corrected chi connectivity index (χ1v) is 9.78. The van der Waals surface area contributed by atoms with Gasteiger partial charge in [-0.05, 0) is 24.6 Å². The average Bonchev–Trinajstić information content (AvgIpc) is 2.79. The van der Waals surface area contributed by atoms with E-state index in [1.165, 1.54) is 5.56 Å². The number of benzene rings is 2. The molecule has 0 unspecified atom stereocenters. The number of aryl methyl sites for hydroxylation is 1. The van der Waals surface area contributed by atoms with Crippen LogP contribution in [0.2, 0.25) is 0 Å². The molecule has 6 nitrogen and oxygen atoms in total. The predicted octanol–water partition coefficient (Wildman–Crippen LogP) is 3.22. The highest BCUT2D eigenvalue weighted by molar-refractivity contribution is 5.94. The summed E-state index contributed by atoms with van der Waals surface area (Å²) in [5.74, 6) is 0.812. The van der Waals surface area contributed by atoms with Crippen molar-refractivity contribution in [2.75, 3.05) is 31.2 Å². The van der Waals surface area contributed by atoms with E-state index in [-0.39, 0.29) is 5.91 Å². The van der Waals surface area contributed by atoms with Crippen LogP contribution in [-0.2, 0) is 11.3 Å². The molecule has 148 valence electrons. The van der Waals surface area contributed by atoms with Crippen molar-refractivity contribution < 1.29 is 9.53 Å². The molecule has 2 heterocycles. The second-order valence-corrected chi connectivity index (χ2v) is 7.11. The zero-order valence-electron chi connectivity index (χ0n) is 16.5. The molecule has 0 aliphatic carbocycles. The molecule has 0 atom stereocenters. The van der Waals surface area contributed by atoms with Gasteiger partial charge in [0.2, 0.25) is 0 Å². The van der Waals surface area contributed by atoms with Gasteiger partial charge in [0.15, 0.2) is 0 Å². The molecule has 1 amide bonds. The molecular formula is C23H24N4O2. The fourth-order valence-electron chi connectivity index (χ4n) is 3.25. The normalized spacial score (nSPS) is 13.9. The Morgan fingerprint density at radius 1 is 1.03 bits per heavy atom. The molecular weight excluding hydrogens is 364 g/mol. The van der Waals surface area contributed by atoms with E-state index in [0.29, 0.717) is 25.3 Å². The van der Waals surface area contributed by atoms with Crippen LogP contribution < -0.4 is 10.2 Å². The molecule has 1 saturated heterocycles. The topological polar surface area (TPSA) is 67.4 Å². The van der Waals surface area contributed by atoms with Gasteiger partial charge < -0.3 is 15.0 Å². The lowest BCUT2D eigenvalue weighted by molar-refractivity contribution is 0.0951. The Balaban J connectivity index is 1.42. The third-order valence-electron chi connectivity index (χ3n) is 5.00. The van der Waals surface area contributed by atoms with Gasteiger partial charge >= 0.3 is 0 Å². The summed E-state index contributed by atoms with van der Waals surface area (Å²) in [6, 6.07) is 17.6. The lowest BCUT2D eigenvalue weighted by atomic mass is 10.1. The molecule has 1 aromatic heterocycles. The number of ether oxygens (including phenoxy) is 1. The standard InChI is InChI=1S/C23H24N4O2/c1-17-2-4-18(5-3-17)15-24-23(28)20-8-6-19(7-9-20)21-14-22(26-16-25-21)27-10-12-29-13-11-27/h2-9,14,16H,10-13,15H2,1H3,(H,24,28). The van der Waals surface area contributed by atoms with E-state index in [2.05, 4.69) is 20.2 Å². The number of anilines is 1. The van der Waals surface area contributed by atoms with Gasteiger partial charge in [0.1, 0.15) is 12.1 Å². The van der Waals surface area contributed by atoms with E-state index in [1.54, 1.807) is 6.33 Å². The molecule has 1 aliphatic rings. The van der Waals surface area contributed by atoms with E-state index < -0.39 is 0 Å². The lowest BCUT2D eigenvalue weighted by Crippen LogP contribution is -2.36. The summed E-state index contributed by atoms with van der Waals surface area (Å²) in [4.78, 5) is 23.4. The molecule has 0 bridgehead atoms. The first-order valence-electron chi connectivity index (χ1n) is 9.78. The van der Waals surface area contributed by atoms with Gasteiger partial charge in [0, 0.05) is 36.8 Å². The molecule has 6 heteroatoms. The van der Waals surface area contributed by atoms with Crippen molar-refractivity contribution in [3.8, 4) is 11.3 Å². The molecule has 1 aliphatic heterocycles. The van der Waals surface area contributed by atoms with Crippen LogP contribution >= 0.6 is 0 Å². The number of amides is 1. The van der Waals surface area contributed by atoms with E-state index >= 15 is 0 Å². The highest BCUT2D eigenvalue weighted by Gasteiger charge is 2.14. The number of rotatable bonds is 5. The van der Waals surface area contributed by atoms with E-state index in [0.717, 1.165) is 35.7 Å². The molecule has 2 aromatic carbocycles. The van der Waals surface area contributed by atoms with Crippen molar-refractivity contribution in [2.45, 2.75) is 13.5 Å². The molecule has 1 fully saturated rings. The Morgan fingerprint density at radius 2 is 1.76 bits per heavy atom. The maximum atomic E-state index is 12.4. The average molecular weight is 388 g/mol. The number of morpholine rings is 1. The number of nitrogens with one attached hydrogen (secondary N) is 1. The predicted molar refractivity (Wildman–Crippen MR) is 113 cm³/mol. The second-order valence-electron chi connectivity index (χ2n) is 7.11. The summed E-state index contributed by atoms with van der Waals surface area (Å²) < 4.78 is 5.40. The largest absolute Gasteiger partial charge is 0.378 e. The van der Waals surface area contributed by atoms with E-state index in [9.17, 15) is 4.79 Å². The van der Waals surface area contributed by atoms with Crippen molar-refractivity contribution in [1.29, 1.82) is 0 Å². The maximum absolute atomic E-state index is 12.4. The number of hydrogen-bond donors (Lipinski definition) is 1. The van der Waals surface area contributed by atoms with Crippen molar-refractivity contribution in [2.24, 2.45) is 0 Å². The third kappa shape index (κ3) is 4.78. The van der Waals surface area contributed by atoms with Gasteiger partial charge in [0.25, 0.3) is 5.91 Å². The van der Waals surface area contributed by atoms with Crippen LogP contribution in [0.1, 0.15) is 21.5 Å². The van der Waals surface area contributed by atoms with Crippen LogP contribution in [0.25, 0.3) is 11.3 Å². The Labute approximate surface area is 170 Å². The quantitative estimate of drug-likeness (QED) is 0.727. The van der Waals surface area contributed by atoms with Crippen LogP contribution in [0.15, 0.2) is 60.9 Å². The Hall–Kier alpha value is -3.25. The van der Waals surface area contributed by atoms with Crippen LogP contribution in [0.5, 0.6) is 0 Å². The van der Waals surface area contributed by atoms with Gasteiger partial charge in [-0.3, -0.25) is 4.79 Å². The van der Waals surface area contributed by atoms with Crippen molar-refractivity contribution in [3.05, 3.63) is 77.6 Å². The Bertz CT molecular complexity index is 965. The van der Waals surface area contributed by atoms with Gasteiger partial charge in [-0.15, -0.1) is 0 Å². The van der Waals surface area contributed by atoms with Gasteiger partial charge in [-0.1, -0.05) is 42.0 Å². The molecule has 29 heavy (non-hydrogen) atoms. The number of carbonyl (C=O) groups is 1. The third-order valence-corrected chi connectivity index (χ3v) is 5.00. The number of aromatic nitrogens is 2. The summed E-state index contributed by atoms with van der Waals surface area (Å²) in [5, 5.41) is 2.96. The smallest absolute Gasteiger partial charge is 0.251 e. The Kier molecular flexibility index (Phi) is 5.81. The van der Waals surface area contributed by atoms with Crippen LogP contribution in [0, 0.1) is 6.92 Å². The number of nitrogens with zero attached hydrogens (tertiary/aromatic N) is 3. The minimum Gasteiger partial charge on any atom is -0.378 e. The van der Waals surface area contributed by atoms with Crippen LogP contribution in [-0.4, -0.2) is 42.2 Å². The van der Waals surface area contributed by atoms with Crippen LogP contribution in [0.4, 0.5) is 5.82 Å². The monoisotopic (exact) mass is 388 g/mol. The number of carbonyl (C=O) groups excluding carboxylic acids is 1. The molecule has 0 spiro atoms. The van der Waals surface area contributed by atoms with Gasteiger partial charge in [-0.2, -0.15) is 0 Å². The number of hydrogen-bond acceptors (Lipinski definition) is 5. The van der Waals surface area contributed by atoms with Crippen molar-refractivity contribution >= 4 is 11.7 Å². The minimum atomic E-state index is -0.0891.